The van der Waals surface area contributed by atoms with Crippen molar-refractivity contribution in [3.63, 3.8) is 0 Å². The first kappa shape index (κ1) is 12.6. The first-order valence-corrected chi connectivity index (χ1v) is 6.90. The van der Waals surface area contributed by atoms with Crippen molar-refractivity contribution in [3.05, 3.63) is 29.6 Å². The first-order valence-electron chi connectivity index (χ1n) is 6.90. The summed E-state index contributed by atoms with van der Waals surface area (Å²) in [6.07, 6.45) is 1.72. The van der Waals surface area contributed by atoms with E-state index in [4.69, 9.17) is 0 Å². The third-order valence-corrected chi connectivity index (χ3v) is 4.43. The Morgan fingerprint density at radius 1 is 1.42 bits per heavy atom. The number of hydrogen-bond donors (Lipinski definition) is 2. The molecule has 1 amide bonds. The predicted molar refractivity (Wildman–Crippen MR) is 72.6 cm³/mol. The van der Waals surface area contributed by atoms with Crippen LogP contribution in [0, 0.1) is 11.7 Å². The SMILES string of the molecule is CC(C)[C@@H]1NCCCC12C(=O)Nc1ccc(F)cc12. The maximum Gasteiger partial charge on any atom is 0.236 e. The lowest BCUT2D eigenvalue weighted by Crippen LogP contribution is -2.58. The molecule has 1 aromatic carbocycles. The summed E-state index contributed by atoms with van der Waals surface area (Å²) >= 11 is 0. The second-order valence-electron chi connectivity index (χ2n) is 5.89. The maximum atomic E-state index is 13.6. The monoisotopic (exact) mass is 262 g/mol. The van der Waals surface area contributed by atoms with Crippen LogP contribution in [0.3, 0.4) is 0 Å². The van der Waals surface area contributed by atoms with Gasteiger partial charge >= 0.3 is 0 Å². The summed E-state index contributed by atoms with van der Waals surface area (Å²) in [6, 6.07) is 4.65. The van der Waals surface area contributed by atoms with Gasteiger partial charge in [0.05, 0.1) is 5.41 Å². The van der Waals surface area contributed by atoms with Gasteiger partial charge in [0.25, 0.3) is 0 Å². The van der Waals surface area contributed by atoms with E-state index in [1.807, 2.05) is 0 Å². The summed E-state index contributed by atoms with van der Waals surface area (Å²) in [7, 11) is 0. The number of nitrogens with one attached hydrogen (secondary N) is 2. The minimum Gasteiger partial charge on any atom is -0.325 e. The van der Waals surface area contributed by atoms with E-state index in [0.717, 1.165) is 30.6 Å². The summed E-state index contributed by atoms with van der Waals surface area (Å²) in [6.45, 7) is 5.13. The zero-order valence-electron chi connectivity index (χ0n) is 11.3. The Labute approximate surface area is 112 Å². The number of halogens is 1. The zero-order chi connectivity index (χ0) is 13.6. The normalized spacial score (nSPS) is 29.7. The molecule has 2 atom stereocenters. The lowest BCUT2D eigenvalue weighted by atomic mass is 9.66. The summed E-state index contributed by atoms with van der Waals surface area (Å²) in [5, 5.41) is 6.38. The average Bonchev–Trinajstić information content (AvgIpc) is 2.64. The molecule has 1 fully saturated rings. The van der Waals surface area contributed by atoms with Gasteiger partial charge in [-0.25, -0.2) is 4.39 Å². The molecule has 1 aromatic rings. The largest absolute Gasteiger partial charge is 0.325 e. The van der Waals surface area contributed by atoms with Crippen molar-refractivity contribution in [1.82, 2.24) is 5.32 Å². The van der Waals surface area contributed by atoms with E-state index in [1.165, 1.54) is 12.1 Å². The molecule has 3 nitrogen and oxygen atoms in total. The van der Waals surface area contributed by atoms with Gasteiger partial charge in [0.2, 0.25) is 5.91 Å². The number of hydrogen-bond acceptors (Lipinski definition) is 2. The summed E-state index contributed by atoms with van der Waals surface area (Å²) in [5.74, 6) is 0.0574. The molecule has 0 saturated carbocycles. The molecule has 0 aromatic heterocycles. The van der Waals surface area contributed by atoms with E-state index >= 15 is 0 Å². The Bertz CT molecular complexity index is 529. The Hall–Kier alpha value is -1.42. The molecule has 3 rings (SSSR count). The Balaban J connectivity index is 2.17. The maximum absolute atomic E-state index is 13.6. The van der Waals surface area contributed by atoms with Crippen LogP contribution in [-0.2, 0) is 10.2 Å². The molecule has 1 saturated heterocycles. The topological polar surface area (TPSA) is 41.1 Å². The van der Waals surface area contributed by atoms with Crippen molar-refractivity contribution >= 4 is 11.6 Å². The second-order valence-corrected chi connectivity index (χ2v) is 5.89. The molecule has 2 aliphatic heterocycles. The molecule has 1 unspecified atom stereocenters. The Kier molecular flexibility index (Phi) is 2.86. The highest BCUT2D eigenvalue weighted by atomic mass is 19.1. The number of anilines is 1. The number of rotatable bonds is 1. The second kappa shape index (κ2) is 4.30. The fourth-order valence-electron chi connectivity index (χ4n) is 3.67. The van der Waals surface area contributed by atoms with E-state index in [0.29, 0.717) is 5.92 Å². The molecule has 4 heteroatoms. The fraction of sp³-hybridized carbons (Fsp3) is 0.533. The van der Waals surface area contributed by atoms with Crippen LogP contribution in [0.1, 0.15) is 32.3 Å². The van der Waals surface area contributed by atoms with Gasteiger partial charge in [0.15, 0.2) is 0 Å². The number of carbonyl (C=O) groups excluding carboxylic acids is 1. The molecule has 2 N–H and O–H groups in total. The van der Waals surface area contributed by atoms with Crippen molar-refractivity contribution < 1.29 is 9.18 Å². The van der Waals surface area contributed by atoms with Gasteiger partial charge in [0.1, 0.15) is 5.82 Å². The third kappa shape index (κ3) is 1.70. The molecule has 19 heavy (non-hydrogen) atoms. The summed E-state index contributed by atoms with van der Waals surface area (Å²) in [4.78, 5) is 12.6. The molecule has 2 aliphatic rings. The van der Waals surface area contributed by atoms with Crippen LogP contribution >= 0.6 is 0 Å². The highest BCUT2D eigenvalue weighted by Gasteiger charge is 2.54. The zero-order valence-corrected chi connectivity index (χ0v) is 11.3. The van der Waals surface area contributed by atoms with Crippen LogP contribution in [0.5, 0.6) is 0 Å². The standard InChI is InChI=1S/C15H19FN2O/c1-9(2)13-15(6-3-7-17-13)11-8-10(16)4-5-12(11)18-14(15)19/h4-5,8-9,13,17H,3,6-7H2,1-2H3,(H,18,19)/t13-,15?/m0/s1. The lowest BCUT2D eigenvalue weighted by Gasteiger charge is -2.42. The van der Waals surface area contributed by atoms with Gasteiger partial charge in [0, 0.05) is 11.7 Å². The minimum absolute atomic E-state index is 0.0130. The van der Waals surface area contributed by atoms with Crippen LogP contribution in [0.2, 0.25) is 0 Å². The molecule has 0 radical (unpaired) electrons. The molecule has 0 bridgehead atoms. The van der Waals surface area contributed by atoms with Crippen molar-refractivity contribution in [2.75, 3.05) is 11.9 Å². The predicted octanol–water partition coefficient (Wildman–Crippen LogP) is 2.42. The highest BCUT2D eigenvalue weighted by Crippen LogP contribution is 2.46. The van der Waals surface area contributed by atoms with Gasteiger partial charge in [-0.15, -0.1) is 0 Å². The van der Waals surface area contributed by atoms with Gasteiger partial charge in [-0.3, -0.25) is 4.79 Å². The van der Waals surface area contributed by atoms with E-state index in [-0.39, 0.29) is 17.8 Å². The summed E-state index contributed by atoms with van der Waals surface area (Å²) < 4.78 is 13.6. The molecule has 2 heterocycles. The van der Waals surface area contributed by atoms with Crippen LogP contribution < -0.4 is 10.6 Å². The molecular weight excluding hydrogens is 243 g/mol. The van der Waals surface area contributed by atoms with E-state index < -0.39 is 5.41 Å². The number of benzene rings is 1. The molecule has 1 spiro atoms. The van der Waals surface area contributed by atoms with Crippen molar-refractivity contribution in [1.29, 1.82) is 0 Å². The van der Waals surface area contributed by atoms with Crippen molar-refractivity contribution in [2.24, 2.45) is 5.92 Å². The number of amides is 1. The van der Waals surface area contributed by atoms with Crippen LogP contribution in [-0.4, -0.2) is 18.5 Å². The Morgan fingerprint density at radius 2 is 2.21 bits per heavy atom. The quantitative estimate of drug-likeness (QED) is 0.816. The van der Waals surface area contributed by atoms with Crippen LogP contribution in [0.25, 0.3) is 0 Å². The summed E-state index contributed by atoms with van der Waals surface area (Å²) in [5.41, 5.74) is 0.980. The van der Waals surface area contributed by atoms with E-state index in [9.17, 15) is 9.18 Å². The molecular formula is C15H19FN2O. The lowest BCUT2D eigenvalue weighted by molar-refractivity contribution is -0.123. The van der Waals surface area contributed by atoms with Crippen LogP contribution in [0.15, 0.2) is 18.2 Å². The first-order chi connectivity index (χ1) is 9.05. The van der Waals surface area contributed by atoms with Gasteiger partial charge in [-0.2, -0.15) is 0 Å². The van der Waals surface area contributed by atoms with Crippen LogP contribution in [0.4, 0.5) is 10.1 Å². The minimum atomic E-state index is -0.607. The average molecular weight is 262 g/mol. The fourth-order valence-corrected chi connectivity index (χ4v) is 3.67. The van der Waals surface area contributed by atoms with E-state index in [2.05, 4.69) is 24.5 Å². The van der Waals surface area contributed by atoms with Crippen molar-refractivity contribution in [2.45, 2.75) is 38.1 Å². The number of piperidine rings is 1. The number of carbonyl (C=O) groups is 1. The molecule has 0 aliphatic carbocycles. The van der Waals surface area contributed by atoms with Gasteiger partial charge in [-0.1, -0.05) is 13.8 Å². The Morgan fingerprint density at radius 3 is 2.95 bits per heavy atom. The van der Waals surface area contributed by atoms with Crippen molar-refractivity contribution in [3.8, 4) is 0 Å². The van der Waals surface area contributed by atoms with Gasteiger partial charge < -0.3 is 10.6 Å². The third-order valence-electron chi connectivity index (χ3n) is 4.43. The van der Waals surface area contributed by atoms with Gasteiger partial charge in [-0.05, 0) is 49.1 Å². The van der Waals surface area contributed by atoms with E-state index in [1.54, 1.807) is 6.07 Å². The smallest absolute Gasteiger partial charge is 0.236 e. The highest BCUT2D eigenvalue weighted by molar-refractivity contribution is 6.07. The number of fused-ring (bicyclic) bond motifs is 2. The molecule has 102 valence electrons.